The van der Waals surface area contributed by atoms with Crippen molar-refractivity contribution in [3.8, 4) is 0 Å². The number of rotatable bonds is 5. The molecule has 0 saturated carbocycles. The molecule has 24 heavy (non-hydrogen) atoms. The summed E-state index contributed by atoms with van der Waals surface area (Å²) in [7, 11) is 0. The van der Waals surface area contributed by atoms with Crippen LogP contribution in [0.5, 0.6) is 0 Å². The van der Waals surface area contributed by atoms with E-state index >= 15 is 0 Å². The SMILES string of the molecule is C[C@]12CCC(=O)N1[C@H](C(=O)NCC(=O)OCc1ccccc1)CS2. The molecule has 2 fully saturated rings. The third kappa shape index (κ3) is 3.40. The van der Waals surface area contributed by atoms with E-state index in [1.807, 2.05) is 37.3 Å². The highest BCUT2D eigenvalue weighted by Gasteiger charge is 2.52. The zero-order valence-corrected chi connectivity index (χ0v) is 14.3. The van der Waals surface area contributed by atoms with Gasteiger partial charge in [0.1, 0.15) is 19.2 Å². The normalized spacial score (nSPS) is 25.5. The van der Waals surface area contributed by atoms with E-state index in [1.54, 1.807) is 16.7 Å². The summed E-state index contributed by atoms with van der Waals surface area (Å²) in [6.45, 7) is 1.98. The van der Waals surface area contributed by atoms with E-state index in [-0.39, 0.29) is 29.8 Å². The zero-order valence-electron chi connectivity index (χ0n) is 13.5. The molecule has 1 N–H and O–H groups in total. The number of ether oxygens (including phenoxy) is 1. The Labute approximate surface area is 144 Å². The van der Waals surface area contributed by atoms with Crippen LogP contribution in [0, 0.1) is 0 Å². The summed E-state index contributed by atoms with van der Waals surface area (Å²) in [6, 6.07) is 8.85. The molecule has 2 saturated heterocycles. The highest BCUT2D eigenvalue weighted by Crippen LogP contribution is 2.47. The van der Waals surface area contributed by atoms with Gasteiger partial charge in [0.25, 0.3) is 0 Å². The van der Waals surface area contributed by atoms with Gasteiger partial charge in [-0.2, -0.15) is 0 Å². The Morgan fingerprint density at radius 1 is 1.38 bits per heavy atom. The quantitative estimate of drug-likeness (QED) is 0.812. The van der Waals surface area contributed by atoms with Crippen molar-refractivity contribution in [1.82, 2.24) is 10.2 Å². The lowest BCUT2D eigenvalue weighted by Crippen LogP contribution is -2.50. The van der Waals surface area contributed by atoms with Crippen molar-refractivity contribution in [2.75, 3.05) is 12.3 Å². The Balaban J connectivity index is 1.47. The molecule has 1 aromatic rings. The molecular weight excluding hydrogens is 328 g/mol. The van der Waals surface area contributed by atoms with Crippen molar-refractivity contribution in [1.29, 1.82) is 0 Å². The average molecular weight is 348 g/mol. The summed E-state index contributed by atoms with van der Waals surface area (Å²) in [4.78, 5) is 37.5. The van der Waals surface area contributed by atoms with E-state index in [2.05, 4.69) is 5.32 Å². The largest absolute Gasteiger partial charge is 0.460 e. The summed E-state index contributed by atoms with van der Waals surface area (Å²) in [5.41, 5.74) is 0.891. The number of nitrogens with one attached hydrogen (secondary N) is 1. The molecule has 7 heteroatoms. The molecule has 0 unspecified atom stereocenters. The molecule has 1 aromatic carbocycles. The zero-order chi connectivity index (χ0) is 17.2. The molecule has 0 radical (unpaired) electrons. The molecule has 128 valence electrons. The predicted octanol–water partition coefficient (Wildman–Crippen LogP) is 1.30. The number of nitrogens with zero attached hydrogens (tertiary/aromatic N) is 1. The highest BCUT2D eigenvalue weighted by molar-refractivity contribution is 8.01. The molecule has 3 rings (SSSR count). The van der Waals surface area contributed by atoms with Gasteiger partial charge in [-0.05, 0) is 18.9 Å². The van der Waals surface area contributed by atoms with Gasteiger partial charge in [0, 0.05) is 12.2 Å². The molecule has 0 aromatic heterocycles. The fraction of sp³-hybridized carbons (Fsp3) is 0.471. The van der Waals surface area contributed by atoms with Crippen molar-refractivity contribution in [3.63, 3.8) is 0 Å². The number of fused-ring (bicyclic) bond motifs is 1. The fourth-order valence-corrected chi connectivity index (χ4v) is 4.51. The summed E-state index contributed by atoms with van der Waals surface area (Å²) in [5.74, 6) is -0.214. The van der Waals surface area contributed by atoms with Gasteiger partial charge in [0.05, 0.1) is 4.87 Å². The number of carbonyl (C=O) groups excluding carboxylic acids is 3. The monoisotopic (exact) mass is 348 g/mol. The minimum atomic E-state index is -0.503. The summed E-state index contributed by atoms with van der Waals surface area (Å²) >= 11 is 1.63. The fourth-order valence-electron chi connectivity index (χ4n) is 3.08. The Kier molecular flexibility index (Phi) is 4.80. The summed E-state index contributed by atoms with van der Waals surface area (Å²) in [6.07, 6.45) is 1.24. The number of thioether (sulfide) groups is 1. The maximum atomic E-state index is 12.3. The van der Waals surface area contributed by atoms with Crippen LogP contribution in [0.3, 0.4) is 0 Å². The topological polar surface area (TPSA) is 75.7 Å². The van der Waals surface area contributed by atoms with Gasteiger partial charge < -0.3 is 15.0 Å². The molecule has 2 aliphatic heterocycles. The van der Waals surface area contributed by atoms with Crippen LogP contribution in [0.15, 0.2) is 30.3 Å². The second kappa shape index (κ2) is 6.84. The number of amides is 2. The van der Waals surface area contributed by atoms with Gasteiger partial charge in [-0.3, -0.25) is 14.4 Å². The maximum Gasteiger partial charge on any atom is 0.325 e. The van der Waals surface area contributed by atoms with Gasteiger partial charge in [-0.1, -0.05) is 30.3 Å². The van der Waals surface area contributed by atoms with Crippen molar-refractivity contribution in [3.05, 3.63) is 35.9 Å². The van der Waals surface area contributed by atoms with Gasteiger partial charge >= 0.3 is 5.97 Å². The number of esters is 1. The summed E-state index contributed by atoms with van der Waals surface area (Å²) in [5, 5.41) is 2.59. The van der Waals surface area contributed by atoms with E-state index < -0.39 is 12.0 Å². The molecule has 2 heterocycles. The van der Waals surface area contributed by atoms with E-state index in [0.717, 1.165) is 12.0 Å². The van der Waals surface area contributed by atoms with E-state index in [9.17, 15) is 14.4 Å². The second-order valence-electron chi connectivity index (χ2n) is 6.13. The predicted molar refractivity (Wildman–Crippen MR) is 90.0 cm³/mol. The molecule has 6 nitrogen and oxygen atoms in total. The lowest BCUT2D eigenvalue weighted by Gasteiger charge is -2.29. The van der Waals surface area contributed by atoms with E-state index in [0.29, 0.717) is 12.2 Å². The van der Waals surface area contributed by atoms with Crippen LogP contribution >= 0.6 is 11.8 Å². The van der Waals surface area contributed by atoms with Crippen LogP contribution in [0.1, 0.15) is 25.3 Å². The van der Waals surface area contributed by atoms with Crippen LogP contribution in [-0.4, -0.2) is 45.9 Å². The average Bonchev–Trinajstić information content (AvgIpc) is 3.08. The number of benzene rings is 1. The Bertz CT molecular complexity index is 651. The first-order chi connectivity index (χ1) is 11.5. The second-order valence-corrected chi connectivity index (χ2v) is 7.63. The van der Waals surface area contributed by atoms with E-state index in [4.69, 9.17) is 4.74 Å². The van der Waals surface area contributed by atoms with Crippen LogP contribution in [-0.2, 0) is 25.7 Å². The molecule has 0 bridgehead atoms. The van der Waals surface area contributed by atoms with Gasteiger partial charge in [-0.25, -0.2) is 0 Å². The molecule has 2 amide bonds. The molecule has 2 aliphatic rings. The highest BCUT2D eigenvalue weighted by atomic mass is 32.2. The van der Waals surface area contributed by atoms with Gasteiger partial charge in [-0.15, -0.1) is 11.8 Å². The molecule has 0 aliphatic carbocycles. The first-order valence-electron chi connectivity index (χ1n) is 7.93. The van der Waals surface area contributed by atoms with Crippen molar-refractivity contribution >= 4 is 29.5 Å². The Morgan fingerprint density at radius 3 is 2.88 bits per heavy atom. The molecule has 0 spiro atoms. The first-order valence-corrected chi connectivity index (χ1v) is 8.91. The van der Waals surface area contributed by atoms with Crippen LogP contribution in [0.2, 0.25) is 0 Å². The van der Waals surface area contributed by atoms with Crippen LogP contribution in [0.25, 0.3) is 0 Å². The number of hydrogen-bond acceptors (Lipinski definition) is 5. The van der Waals surface area contributed by atoms with Crippen LogP contribution in [0.4, 0.5) is 0 Å². The van der Waals surface area contributed by atoms with Crippen molar-refractivity contribution < 1.29 is 19.1 Å². The summed E-state index contributed by atoms with van der Waals surface area (Å²) < 4.78 is 5.13. The Morgan fingerprint density at radius 2 is 2.12 bits per heavy atom. The minimum Gasteiger partial charge on any atom is -0.460 e. The smallest absolute Gasteiger partial charge is 0.325 e. The van der Waals surface area contributed by atoms with Gasteiger partial charge in [0.2, 0.25) is 11.8 Å². The minimum absolute atomic E-state index is 0.00861. The van der Waals surface area contributed by atoms with Crippen molar-refractivity contribution in [2.45, 2.75) is 37.3 Å². The first kappa shape index (κ1) is 16.8. The van der Waals surface area contributed by atoms with Crippen LogP contribution < -0.4 is 5.32 Å². The molecular formula is C17H20N2O4S. The molecule has 2 atom stereocenters. The van der Waals surface area contributed by atoms with E-state index in [1.165, 1.54) is 0 Å². The lowest BCUT2D eigenvalue weighted by molar-refractivity contribution is -0.146. The Hall–Kier alpha value is -2.02. The number of hydrogen-bond donors (Lipinski definition) is 1. The number of carbonyl (C=O) groups is 3. The maximum absolute atomic E-state index is 12.3. The van der Waals surface area contributed by atoms with Gasteiger partial charge in [0.15, 0.2) is 0 Å². The lowest BCUT2D eigenvalue weighted by atomic mass is 10.2. The van der Waals surface area contributed by atoms with Crippen molar-refractivity contribution in [2.24, 2.45) is 0 Å². The third-order valence-corrected chi connectivity index (χ3v) is 5.90. The standard InChI is InChI=1S/C17H20N2O4S/c1-17-8-7-14(20)19(17)13(11-24-17)16(22)18-9-15(21)23-10-12-5-3-2-4-6-12/h2-6,13H,7-11H2,1H3,(H,18,22)/t13-,17-/m0/s1. The third-order valence-electron chi connectivity index (χ3n) is 4.40.